The number of aromatic nitrogens is 2. The van der Waals surface area contributed by atoms with Gasteiger partial charge >= 0.3 is 6.18 Å². The number of rotatable bonds is 3. The predicted molar refractivity (Wildman–Crippen MR) is 74.2 cm³/mol. The summed E-state index contributed by atoms with van der Waals surface area (Å²) in [6, 6.07) is 3.25. The highest BCUT2D eigenvalue weighted by molar-refractivity contribution is 9.10. The van der Waals surface area contributed by atoms with Crippen molar-refractivity contribution in [2.75, 3.05) is 0 Å². The molecule has 1 atom stereocenters. The second kappa shape index (κ2) is 5.76. The van der Waals surface area contributed by atoms with Crippen LogP contribution in [0.15, 0.2) is 27.2 Å². The molecule has 21 heavy (non-hydrogen) atoms. The lowest BCUT2D eigenvalue weighted by molar-refractivity contribution is -0.137. The third kappa shape index (κ3) is 3.44. The summed E-state index contributed by atoms with van der Waals surface area (Å²) in [5.74, 6) is 0.0411. The van der Waals surface area contributed by atoms with Crippen LogP contribution >= 0.6 is 15.9 Å². The summed E-state index contributed by atoms with van der Waals surface area (Å²) >= 11 is 3.02. The molecule has 0 bridgehead atoms. The van der Waals surface area contributed by atoms with Crippen LogP contribution in [0.2, 0.25) is 0 Å². The maximum atomic E-state index is 13.1. The minimum atomic E-state index is -4.52. The van der Waals surface area contributed by atoms with E-state index in [1.54, 1.807) is 0 Å². The molecule has 0 radical (unpaired) electrons. The van der Waals surface area contributed by atoms with Crippen LogP contribution in [0.1, 0.15) is 31.3 Å². The lowest BCUT2D eigenvalue weighted by Gasteiger charge is -2.11. The minimum Gasteiger partial charge on any atom is -0.334 e. The van der Waals surface area contributed by atoms with E-state index in [-0.39, 0.29) is 23.2 Å². The van der Waals surface area contributed by atoms with Gasteiger partial charge in [-0.3, -0.25) is 0 Å². The van der Waals surface area contributed by atoms with Crippen molar-refractivity contribution in [2.45, 2.75) is 26.1 Å². The second-order valence-corrected chi connectivity index (χ2v) is 5.83. The van der Waals surface area contributed by atoms with Gasteiger partial charge in [0.1, 0.15) is 0 Å². The van der Waals surface area contributed by atoms with Gasteiger partial charge in [-0.15, -0.1) is 0 Å². The number of benzene rings is 1. The first-order valence-electron chi connectivity index (χ1n) is 6.16. The van der Waals surface area contributed by atoms with Crippen molar-refractivity contribution in [2.24, 2.45) is 11.7 Å². The van der Waals surface area contributed by atoms with Gasteiger partial charge in [0.05, 0.1) is 17.2 Å². The van der Waals surface area contributed by atoms with E-state index in [4.69, 9.17) is 10.3 Å². The smallest absolute Gasteiger partial charge is 0.334 e. The molecule has 0 aliphatic rings. The third-order valence-electron chi connectivity index (χ3n) is 2.98. The number of nitrogens with zero attached hydrogens (tertiary/aromatic N) is 2. The normalized spacial score (nSPS) is 13.7. The Bertz CT molecular complexity index is 640. The molecule has 2 aromatic rings. The maximum Gasteiger partial charge on any atom is 0.417 e. The van der Waals surface area contributed by atoms with Crippen molar-refractivity contribution in [3.8, 4) is 11.5 Å². The molecule has 1 aromatic carbocycles. The van der Waals surface area contributed by atoms with E-state index in [1.807, 2.05) is 13.8 Å². The predicted octanol–water partition coefficient (Wildman–Crippen LogP) is 4.17. The highest BCUT2D eigenvalue weighted by Crippen LogP contribution is 2.38. The second-order valence-electron chi connectivity index (χ2n) is 4.92. The minimum absolute atomic E-state index is 0.0439. The molecule has 0 saturated carbocycles. The molecule has 0 aliphatic carbocycles. The van der Waals surface area contributed by atoms with Crippen LogP contribution in [0.4, 0.5) is 13.2 Å². The van der Waals surface area contributed by atoms with E-state index >= 15 is 0 Å². The molecule has 0 amide bonds. The summed E-state index contributed by atoms with van der Waals surface area (Å²) in [5.41, 5.74) is 4.85. The average Bonchev–Trinajstić information content (AvgIpc) is 2.86. The van der Waals surface area contributed by atoms with E-state index in [0.717, 1.165) is 6.07 Å². The van der Waals surface area contributed by atoms with Crippen molar-refractivity contribution in [3.63, 3.8) is 0 Å². The number of hydrogen-bond donors (Lipinski definition) is 1. The highest BCUT2D eigenvalue weighted by Gasteiger charge is 2.35. The zero-order chi connectivity index (χ0) is 15.8. The fraction of sp³-hybridized carbons (Fsp3) is 0.385. The number of nitrogens with two attached hydrogens (primary N) is 1. The van der Waals surface area contributed by atoms with Crippen molar-refractivity contribution in [1.29, 1.82) is 0 Å². The van der Waals surface area contributed by atoms with Gasteiger partial charge in [-0.2, -0.15) is 18.2 Å². The Kier molecular flexibility index (Phi) is 4.38. The van der Waals surface area contributed by atoms with Crippen LogP contribution in [0.5, 0.6) is 0 Å². The van der Waals surface area contributed by atoms with Crippen LogP contribution in [-0.2, 0) is 6.18 Å². The maximum absolute atomic E-state index is 13.1. The fourth-order valence-corrected chi connectivity index (χ4v) is 2.08. The summed E-state index contributed by atoms with van der Waals surface area (Å²) in [4.78, 5) is 3.99. The number of hydrogen-bond acceptors (Lipinski definition) is 4. The molecule has 114 valence electrons. The van der Waals surface area contributed by atoms with Gasteiger partial charge < -0.3 is 10.3 Å². The summed E-state index contributed by atoms with van der Waals surface area (Å²) in [6.45, 7) is 3.73. The largest absolute Gasteiger partial charge is 0.417 e. The van der Waals surface area contributed by atoms with Crippen LogP contribution in [-0.4, -0.2) is 10.1 Å². The molecule has 0 spiro atoms. The lowest BCUT2D eigenvalue weighted by atomic mass is 10.0. The van der Waals surface area contributed by atoms with Gasteiger partial charge in [0.15, 0.2) is 5.82 Å². The van der Waals surface area contributed by atoms with E-state index in [9.17, 15) is 13.2 Å². The Hall–Kier alpha value is -1.41. The van der Waals surface area contributed by atoms with Crippen molar-refractivity contribution >= 4 is 15.9 Å². The molecule has 0 fully saturated rings. The Labute approximate surface area is 127 Å². The number of halogens is 4. The van der Waals surface area contributed by atoms with Gasteiger partial charge in [0.25, 0.3) is 5.89 Å². The van der Waals surface area contributed by atoms with Crippen LogP contribution < -0.4 is 5.73 Å². The Balaban J connectivity index is 2.48. The molecule has 8 heteroatoms. The summed E-state index contributed by atoms with van der Waals surface area (Å²) in [6.07, 6.45) is -4.52. The SMILES string of the molecule is CC(C)C(N)c1noc(-c2ccc(Br)cc2C(F)(F)F)n1. The van der Waals surface area contributed by atoms with Crippen LogP contribution in [0.25, 0.3) is 11.5 Å². The van der Waals surface area contributed by atoms with Crippen LogP contribution in [0.3, 0.4) is 0 Å². The molecule has 1 aromatic heterocycles. The zero-order valence-corrected chi connectivity index (χ0v) is 12.9. The van der Waals surface area contributed by atoms with Crippen molar-refractivity contribution < 1.29 is 17.7 Å². The van der Waals surface area contributed by atoms with E-state index in [0.29, 0.717) is 4.47 Å². The van der Waals surface area contributed by atoms with E-state index in [1.165, 1.54) is 12.1 Å². The molecule has 0 saturated heterocycles. The molecule has 2 N–H and O–H groups in total. The average molecular weight is 364 g/mol. The first-order chi connectivity index (χ1) is 9.70. The topological polar surface area (TPSA) is 64.9 Å². The van der Waals surface area contributed by atoms with Gasteiger partial charge in [0.2, 0.25) is 0 Å². The van der Waals surface area contributed by atoms with Crippen molar-refractivity contribution in [3.05, 3.63) is 34.1 Å². The standard InChI is InChI=1S/C13H13BrF3N3O/c1-6(2)10(18)11-19-12(21-20-11)8-4-3-7(14)5-9(8)13(15,16)17/h3-6,10H,18H2,1-2H3. The highest BCUT2D eigenvalue weighted by atomic mass is 79.9. The quantitative estimate of drug-likeness (QED) is 0.888. The Morgan fingerprint density at radius 1 is 1.29 bits per heavy atom. The Morgan fingerprint density at radius 2 is 1.95 bits per heavy atom. The lowest BCUT2D eigenvalue weighted by Crippen LogP contribution is -2.18. The van der Waals surface area contributed by atoms with Gasteiger partial charge in [-0.25, -0.2) is 0 Å². The van der Waals surface area contributed by atoms with Gasteiger partial charge in [-0.05, 0) is 24.1 Å². The third-order valence-corrected chi connectivity index (χ3v) is 3.47. The molecule has 0 aliphatic heterocycles. The van der Waals surface area contributed by atoms with Crippen molar-refractivity contribution in [1.82, 2.24) is 10.1 Å². The summed E-state index contributed by atoms with van der Waals surface area (Å²) in [5, 5.41) is 3.67. The van der Waals surface area contributed by atoms with Crippen LogP contribution in [0, 0.1) is 5.92 Å². The molecular weight excluding hydrogens is 351 g/mol. The molecule has 1 heterocycles. The zero-order valence-electron chi connectivity index (χ0n) is 11.3. The Morgan fingerprint density at radius 3 is 2.52 bits per heavy atom. The van der Waals surface area contributed by atoms with Gasteiger partial charge in [0, 0.05) is 4.47 Å². The molecular formula is C13H13BrF3N3O. The molecule has 4 nitrogen and oxygen atoms in total. The van der Waals surface area contributed by atoms with Gasteiger partial charge in [-0.1, -0.05) is 34.9 Å². The van der Waals surface area contributed by atoms with E-state index in [2.05, 4.69) is 26.1 Å². The molecule has 2 rings (SSSR count). The molecule has 1 unspecified atom stereocenters. The monoisotopic (exact) mass is 363 g/mol. The summed E-state index contributed by atoms with van der Waals surface area (Å²) < 4.78 is 44.5. The summed E-state index contributed by atoms with van der Waals surface area (Å²) in [7, 11) is 0. The fourth-order valence-electron chi connectivity index (χ4n) is 1.72. The van der Waals surface area contributed by atoms with E-state index < -0.39 is 17.8 Å². The number of alkyl halides is 3. The first-order valence-corrected chi connectivity index (χ1v) is 6.95. The first kappa shape index (κ1) is 16.0.